The first-order valence-corrected chi connectivity index (χ1v) is 8.45. The number of fused-ring (bicyclic) bond motifs is 1. The number of carboxylic acids is 1. The molecule has 0 radical (unpaired) electrons. The minimum absolute atomic E-state index is 0.0604. The molecule has 3 rings (SSSR count). The highest BCUT2D eigenvalue weighted by Gasteiger charge is 2.35. The Morgan fingerprint density at radius 1 is 1.46 bits per heavy atom. The average Bonchev–Trinajstić information content (AvgIpc) is 3.17. The van der Waals surface area contributed by atoms with E-state index >= 15 is 0 Å². The van der Waals surface area contributed by atoms with E-state index in [0.29, 0.717) is 29.6 Å². The molecule has 0 aliphatic carbocycles. The molecule has 2 unspecified atom stereocenters. The third kappa shape index (κ3) is 3.54. The first kappa shape index (κ1) is 17.9. The molecule has 1 aromatic carbocycles. The Hall–Kier alpha value is -2.90. The van der Waals surface area contributed by atoms with Crippen molar-refractivity contribution < 1.29 is 23.9 Å². The molecule has 8 heteroatoms. The van der Waals surface area contributed by atoms with E-state index in [0.717, 1.165) is 0 Å². The van der Waals surface area contributed by atoms with Crippen molar-refractivity contribution in [3.63, 3.8) is 0 Å². The second-order valence-corrected chi connectivity index (χ2v) is 6.44. The molecule has 26 heavy (non-hydrogen) atoms. The van der Waals surface area contributed by atoms with Crippen molar-refractivity contribution >= 4 is 28.7 Å². The van der Waals surface area contributed by atoms with Gasteiger partial charge in [-0.1, -0.05) is 0 Å². The van der Waals surface area contributed by atoms with Gasteiger partial charge in [0, 0.05) is 43.0 Å². The van der Waals surface area contributed by atoms with Crippen LogP contribution >= 0.6 is 0 Å². The molecule has 0 saturated carbocycles. The highest BCUT2D eigenvalue weighted by Crippen LogP contribution is 2.21. The Morgan fingerprint density at radius 3 is 2.88 bits per heavy atom. The van der Waals surface area contributed by atoms with E-state index in [4.69, 9.17) is 0 Å². The van der Waals surface area contributed by atoms with Crippen LogP contribution in [-0.4, -0.2) is 51.9 Å². The maximum absolute atomic E-state index is 13.3. The van der Waals surface area contributed by atoms with E-state index < -0.39 is 23.8 Å². The smallest absolute Gasteiger partial charge is 0.326 e. The highest BCUT2D eigenvalue weighted by atomic mass is 19.1. The molecule has 2 aromatic rings. The molecule has 7 nitrogen and oxygen atoms in total. The van der Waals surface area contributed by atoms with Crippen LogP contribution in [-0.2, 0) is 20.8 Å². The summed E-state index contributed by atoms with van der Waals surface area (Å²) in [5.41, 5.74) is 1.24. The average molecular weight is 361 g/mol. The number of halogens is 1. The topological polar surface area (TPSA) is 102 Å². The number of rotatable bonds is 6. The van der Waals surface area contributed by atoms with Crippen LogP contribution in [0.1, 0.15) is 18.9 Å². The van der Waals surface area contributed by atoms with E-state index in [-0.39, 0.29) is 24.6 Å². The third-order valence-corrected chi connectivity index (χ3v) is 4.74. The second kappa shape index (κ2) is 7.15. The lowest BCUT2D eigenvalue weighted by Crippen LogP contribution is -2.45. The standard InChI is InChI=1S/C18H20FN3O4/c1-2-22-9-11(6-16(22)23)17(24)21-15(18(25)26)5-10-8-20-14-7-12(19)3-4-13(10)14/h3-4,7-8,11,15,20H,2,5-6,9H2,1H3,(H,21,24)(H,25,26). The Labute approximate surface area is 149 Å². The molecule has 1 aromatic heterocycles. The molecule has 3 N–H and O–H groups in total. The number of carbonyl (C=O) groups excluding carboxylic acids is 2. The van der Waals surface area contributed by atoms with Crippen molar-refractivity contribution in [2.75, 3.05) is 13.1 Å². The van der Waals surface area contributed by atoms with Crippen molar-refractivity contribution in [3.8, 4) is 0 Å². The number of aromatic nitrogens is 1. The third-order valence-electron chi connectivity index (χ3n) is 4.74. The van der Waals surface area contributed by atoms with Gasteiger partial charge >= 0.3 is 5.97 Å². The van der Waals surface area contributed by atoms with Gasteiger partial charge in [0.2, 0.25) is 11.8 Å². The maximum atomic E-state index is 13.3. The quantitative estimate of drug-likeness (QED) is 0.721. The van der Waals surface area contributed by atoms with Gasteiger partial charge in [-0.3, -0.25) is 9.59 Å². The van der Waals surface area contributed by atoms with Gasteiger partial charge in [-0.05, 0) is 30.7 Å². The molecule has 138 valence electrons. The summed E-state index contributed by atoms with van der Waals surface area (Å²) in [6, 6.07) is 3.08. The van der Waals surface area contributed by atoms with Crippen LogP contribution in [0.3, 0.4) is 0 Å². The van der Waals surface area contributed by atoms with Gasteiger partial charge in [-0.25, -0.2) is 9.18 Å². The lowest BCUT2D eigenvalue weighted by molar-refractivity contribution is -0.142. The summed E-state index contributed by atoms with van der Waals surface area (Å²) in [5, 5.41) is 12.7. The summed E-state index contributed by atoms with van der Waals surface area (Å²) in [6.07, 6.45) is 1.77. The van der Waals surface area contributed by atoms with Crippen LogP contribution in [0.2, 0.25) is 0 Å². The van der Waals surface area contributed by atoms with Crippen LogP contribution in [0.5, 0.6) is 0 Å². The number of aromatic amines is 1. The monoisotopic (exact) mass is 361 g/mol. The van der Waals surface area contributed by atoms with Gasteiger partial charge in [0.15, 0.2) is 0 Å². The van der Waals surface area contributed by atoms with Crippen molar-refractivity contribution in [3.05, 3.63) is 35.8 Å². The fourth-order valence-electron chi connectivity index (χ4n) is 3.29. The van der Waals surface area contributed by atoms with Gasteiger partial charge < -0.3 is 20.3 Å². The lowest BCUT2D eigenvalue weighted by atomic mass is 10.0. The molecule has 0 spiro atoms. The molecule has 2 atom stereocenters. The number of nitrogens with zero attached hydrogens (tertiary/aromatic N) is 1. The Kier molecular flexibility index (Phi) is 4.92. The molecule has 2 heterocycles. The number of nitrogens with one attached hydrogen (secondary N) is 2. The molecular weight excluding hydrogens is 341 g/mol. The summed E-state index contributed by atoms with van der Waals surface area (Å²) in [4.78, 5) is 40.2. The number of amides is 2. The first-order valence-electron chi connectivity index (χ1n) is 8.45. The molecular formula is C18H20FN3O4. The summed E-state index contributed by atoms with van der Waals surface area (Å²) in [6.45, 7) is 2.66. The molecule has 2 amide bonds. The summed E-state index contributed by atoms with van der Waals surface area (Å²) in [7, 11) is 0. The Morgan fingerprint density at radius 2 is 2.23 bits per heavy atom. The summed E-state index contributed by atoms with van der Waals surface area (Å²) < 4.78 is 13.3. The van der Waals surface area contributed by atoms with E-state index in [1.165, 1.54) is 12.1 Å². The van der Waals surface area contributed by atoms with Gasteiger partial charge in [0.25, 0.3) is 0 Å². The number of carboxylic acid groups (broad SMARTS) is 1. The highest BCUT2D eigenvalue weighted by molar-refractivity contribution is 5.92. The first-order chi connectivity index (χ1) is 12.4. The van der Waals surface area contributed by atoms with Crippen LogP contribution < -0.4 is 5.32 Å². The number of likely N-dealkylation sites (tertiary alicyclic amines) is 1. The van der Waals surface area contributed by atoms with Gasteiger partial charge in [0.05, 0.1) is 5.92 Å². The Bertz CT molecular complexity index is 863. The normalized spacial score (nSPS) is 18.3. The number of carbonyl (C=O) groups is 3. The SMILES string of the molecule is CCN1CC(C(=O)NC(Cc2c[nH]c3cc(F)ccc23)C(=O)O)CC1=O. The van der Waals surface area contributed by atoms with Crippen molar-refractivity contribution in [2.45, 2.75) is 25.8 Å². The van der Waals surface area contributed by atoms with Crippen LogP contribution in [0.25, 0.3) is 10.9 Å². The minimum atomic E-state index is -1.16. The number of H-pyrrole nitrogens is 1. The van der Waals surface area contributed by atoms with E-state index in [9.17, 15) is 23.9 Å². The number of benzene rings is 1. The minimum Gasteiger partial charge on any atom is -0.480 e. The van der Waals surface area contributed by atoms with E-state index in [1.54, 1.807) is 17.2 Å². The summed E-state index contributed by atoms with van der Waals surface area (Å²) >= 11 is 0. The number of aliphatic carboxylic acids is 1. The van der Waals surface area contributed by atoms with Crippen LogP contribution in [0.4, 0.5) is 4.39 Å². The predicted molar refractivity (Wildman–Crippen MR) is 91.9 cm³/mol. The zero-order valence-electron chi connectivity index (χ0n) is 14.3. The predicted octanol–water partition coefficient (Wildman–Crippen LogP) is 1.29. The van der Waals surface area contributed by atoms with Crippen molar-refractivity contribution in [2.24, 2.45) is 5.92 Å². The van der Waals surface area contributed by atoms with Crippen LogP contribution in [0.15, 0.2) is 24.4 Å². The van der Waals surface area contributed by atoms with Crippen molar-refractivity contribution in [1.29, 1.82) is 0 Å². The zero-order chi connectivity index (χ0) is 18.8. The van der Waals surface area contributed by atoms with E-state index in [2.05, 4.69) is 10.3 Å². The van der Waals surface area contributed by atoms with Crippen molar-refractivity contribution in [1.82, 2.24) is 15.2 Å². The second-order valence-electron chi connectivity index (χ2n) is 6.44. The molecule has 1 saturated heterocycles. The molecule has 1 aliphatic heterocycles. The fourth-order valence-corrected chi connectivity index (χ4v) is 3.29. The maximum Gasteiger partial charge on any atom is 0.326 e. The number of hydrogen-bond acceptors (Lipinski definition) is 3. The molecule has 1 aliphatic rings. The largest absolute Gasteiger partial charge is 0.480 e. The Balaban J connectivity index is 1.72. The molecule has 1 fully saturated rings. The number of hydrogen-bond donors (Lipinski definition) is 3. The fraction of sp³-hybridized carbons (Fsp3) is 0.389. The zero-order valence-corrected chi connectivity index (χ0v) is 14.3. The van der Waals surface area contributed by atoms with Gasteiger partial charge in [-0.2, -0.15) is 0 Å². The van der Waals surface area contributed by atoms with E-state index in [1.807, 2.05) is 6.92 Å². The van der Waals surface area contributed by atoms with Gasteiger partial charge in [0.1, 0.15) is 11.9 Å². The summed E-state index contributed by atoms with van der Waals surface area (Å²) in [5.74, 6) is -2.63. The molecule has 0 bridgehead atoms. The lowest BCUT2D eigenvalue weighted by Gasteiger charge is -2.17. The van der Waals surface area contributed by atoms with Crippen LogP contribution in [0, 0.1) is 11.7 Å². The van der Waals surface area contributed by atoms with Gasteiger partial charge in [-0.15, -0.1) is 0 Å².